The maximum atomic E-state index is 12.4. The third kappa shape index (κ3) is 2.46. The Morgan fingerprint density at radius 3 is 2.60 bits per heavy atom. The molecule has 0 aromatic carbocycles. The van der Waals surface area contributed by atoms with Gasteiger partial charge in [-0.05, 0) is 38.6 Å². The van der Waals surface area contributed by atoms with Crippen molar-refractivity contribution in [3.63, 3.8) is 0 Å². The first-order chi connectivity index (χ1) is 9.66. The molecule has 4 atom stereocenters. The Hall–Kier alpha value is -1.36. The van der Waals surface area contributed by atoms with Gasteiger partial charge in [-0.2, -0.15) is 0 Å². The maximum Gasteiger partial charge on any atom is 0.307 e. The molecule has 3 rings (SSSR count). The van der Waals surface area contributed by atoms with E-state index in [0.29, 0.717) is 18.9 Å². The van der Waals surface area contributed by atoms with Crippen LogP contribution in [0.25, 0.3) is 0 Å². The van der Waals surface area contributed by atoms with Crippen LogP contribution in [0, 0.1) is 11.8 Å². The number of carbonyl (C=O) groups is 2. The molecule has 0 aromatic rings. The van der Waals surface area contributed by atoms with Crippen molar-refractivity contribution >= 4 is 11.9 Å². The number of carbonyl (C=O) groups excluding carboxylic acids is 1. The van der Waals surface area contributed by atoms with Crippen molar-refractivity contribution in [1.29, 1.82) is 0 Å². The van der Waals surface area contributed by atoms with Crippen molar-refractivity contribution in [2.75, 3.05) is 13.1 Å². The predicted molar refractivity (Wildman–Crippen MR) is 74.1 cm³/mol. The van der Waals surface area contributed by atoms with Crippen LogP contribution in [0.4, 0.5) is 0 Å². The average molecular weight is 278 g/mol. The summed E-state index contributed by atoms with van der Waals surface area (Å²) in [5, 5.41) is 12.4. The van der Waals surface area contributed by atoms with E-state index in [1.165, 1.54) is 6.42 Å². The number of hydrogen-bond donors (Lipinski definition) is 2. The van der Waals surface area contributed by atoms with Gasteiger partial charge in [-0.25, -0.2) is 0 Å². The fourth-order valence-corrected chi connectivity index (χ4v) is 3.92. The first kappa shape index (κ1) is 13.6. The third-order valence-corrected chi connectivity index (χ3v) is 5.02. The fraction of sp³-hybridized carbons (Fsp3) is 0.733. The van der Waals surface area contributed by atoms with E-state index < -0.39 is 17.8 Å². The van der Waals surface area contributed by atoms with Gasteiger partial charge in [-0.1, -0.05) is 12.2 Å². The Kier molecular flexibility index (Phi) is 3.78. The Bertz CT molecular complexity index is 435. The van der Waals surface area contributed by atoms with E-state index in [0.717, 1.165) is 25.9 Å². The number of amides is 1. The summed E-state index contributed by atoms with van der Waals surface area (Å²) in [6.45, 7) is 2.20. The van der Waals surface area contributed by atoms with E-state index >= 15 is 0 Å². The van der Waals surface area contributed by atoms with Gasteiger partial charge >= 0.3 is 5.97 Å². The molecule has 2 aliphatic heterocycles. The molecule has 4 unspecified atom stereocenters. The van der Waals surface area contributed by atoms with E-state index in [1.807, 2.05) is 12.2 Å². The first-order valence-corrected chi connectivity index (χ1v) is 7.59. The molecule has 0 saturated carbocycles. The van der Waals surface area contributed by atoms with Crippen LogP contribution in [0.1, 0.15) is 32.1 Å². The highest BCUT2D eigenvalue weighted by Gasteiger charge is 2.40. The van der Waals surface area contributed by atoms with E-state index in [-0.39, 0.29) is 11.9 Å². The molecular weight excluding hydrogens is 256 g/mol. The zero-order valence-corrected chi connectivity index (χ0v) is 11.6. The number of allylic oxidation sites excluding steroid dienone is 2. The number of carboxylic acid groups (broad SMARTS) is 1. The van der Waals surface area contributed by atoms with Crippen molar-refractivity contribution < 1.29 is 14.7 Å². The van der Waals surface area contributed by atoms with Crippen LogP contribution < -0.4 is 5.32 Å². The monoisotopic (exact) mass is 278 g/mol. The lowest BCUT2D eigenvalue weighted by atomic mass is 9.82. The minimum Gasteiger partial charge on any atom is -0.481 e. The molecular formula is C15H22N2O3. The molecule has 5 heteroatoms. The quantitative estimate of drug-likeness (QED) is 0.756. The van der Waals surface area contributed by atoms with Crippen LogP contribution in [-0.2, 0) is 9.59 Å². The predicted octanol–water partition coefficient (Wildman–Crippen LogP) is 1.01. The summed E-state index contributed by atoms with van der Waals surface area (Å²) in [5.41, 5.74) is 0. The van der Waals surface area contributed by atoms with Crippen molar-refractivity contribution in [1.82, 2.24) is 10.2 Å². The number of aliphatic carboxylic acids is 1. The lowest BCUT2D eigenvalue weighted by molar-refractivity contribution is -0.147. The highest BCUT2D eigenvalue weighted by Crippen LogP contribution is 2.30. The van der Waals surface area contributed by atoms with Gasteiger partial charge in [-0.15, -0.1) is 0 Å². The van der Waals surface area contributed by atoms with Gasteiger partial charge in [-0.3, -0.25) is 14.5 Å². The molecule has 110 valence electrons. The Morgan fingerprint density at radius 2 is 1.85 bits per heavy atom. The normalized spacial score (nSPS) is 36.8. The van der Waals surface area contributed by atoms with Gasteiger partial charge in [0.05, 0.1) is 11.8 Å². The second-order valence-corrected chi connectivity index (χ2v) is 6.14. The van der Waals surface area contributed by atoms with Crippen LogP contribution in [0.5, 0.6) is 0 Å². The lowest BCUT2D eigenvalue weighted by Gasteiger charge is -2.27. The highest BCUT2D eigenvalue weighted by molar-refractivity contribution is 5.85. The standard InChI is InChI=1S/C15H22N2O3/c18-14(10-4-1-2-5-11(10)15(19)20)16-12-7-9-17-8-3-6-13(12)17/h1-2,10-13H,3-9H2,(H,16,18)(H,19,20). The molecule has 20 heavy (non-hydrogen) atoms. The second-order valence-electron chi connectivity index (χ2n) is 6.14. The summed E-state index contributed by atoms with van der Waals surface area (Å²) in [5.74, 6) is -1.90. The molecule has 0 bridgehead atoms. The smallest absolute Gasteiger partial charge is 0.307 e. The number of carboxylic acids is 1. The maximum absolute atomic E-state index is 12.4. The van der Waals surface area contributed by atoms with Gasteiger partial charge in [0, 0.05) is 18.6 Å². The Morgan fingerprint density at radius 1 is 1.10 bits per heavy atom. The average Bonchev–Trinajstić information content (AvgIpc) is 3.03. The zero-order valence-electron chi connectivity index (χ0n) is 11.6. The second kappa shape index (κ2) is 5.56. The summed E-state index contributed by atoms with van der Waals surface area (Å²) in [6.07, 6.45) is 8.17. The summed E-state index contributed by atoms with van der Waals surface area (Å²) in [4.78, 5) is 26.1. The molecule has 2 fully saturated rings. The van der Waals surface area contributed by atoms with Crippen LogP contribution in [0.15, 0.2) is 12.2 Å². The van der Waals surface area contributed by atoms with E-state index in [4.69, 9.17) is 0 Å². The van der Waals surface area contributed by atoms with Crippen molar-refractivity contribution in [3.05, 3.63) is 12.2 Å². The van der Waals surface area contributed by atoms with Gasteiger partial charge < -0.3 is 10.4 Å². The molecule has 3 aliphatic rings. The van der Waals surface area contributed by atoms with Crippen molar-refractivity contribution in [3.8, 4) is 0 Å². The first-order valence-electron chi connectivity index (χ1n) is 7.59. The van der Waals surface area contributed by atoms with Gasteiger partial charge in [0.1, 0.15) is 0 Å². The molecule has 2 saturated heterocycles. The number of nitrogens with zero attached hydrogens (tertiary/aromatic N) is 1. The zero-order chi connectivity index (χ0) is 14.1. The number of nitrogens with one attached hydrogen (secondary N) is 1. The molecule has 0 aromatic heterocycles. The fourth-order valence-electron chi connectivity index (χ4n) is 3.92. The lowest BCUT2D eigenvalue weighted by Crippen LogP contribution is -2.47. The third-order valence-electron chi connectivity index (χ3n) is 5.02. The molecule has 2 N–H and O–H groups in total. The SMILES string of the molecule is O=C(O)C1CC=CCC1C(=O)NC1CCN2CCCC12. The van der Waals surface area contributed by atoms with Crippen LogP contribution >= 0.6 is 0 Å². The number of fused-ring (bicyclic) bond motifs is 1. The van der Waals surface area contributed by atoms with Crippen LogP contribution in [-0.4, -0.2) is 47.1 Å². The topological polar surface area (TPSA) is 69.6 Å². The summed E-state index contributed by atoms with van der Waals surface area (Å²) < 4.78 is 0. The van der Waals surface area contributed by atoms with Crippen LogP contribution in [0.2, 0.25) is 0 Å². The van der Waals surface area contributed by atoms with Gasteiger partial charge in [0.2, 0.25) is 5.91 Å². The van der Waals surface area contributed by atoms with Gasteiger partial charge in [0.15, 0.2) is 0 Å². The highest BCUT2D eigenvalue weighted by atomic mass is 16.4. The minimum absolute atomic E-state index is 0.0690. The molecule has 0 spiro atoms. The van der Waals surface area contributed by atoms with Crippen molar-refractivity contribution in [2.24, 2.45) is 11.8 Å². The molecule has 1 aliphatic carbocycles. The van der Waals surface area contributed by atoms with E-state index in [2.05, 4.69) is 10.2 Å². The van der Waals surface area contributed by atoms with Gasteiger partial charge in [0.25, 0.3) is 0 Å². The van der Waals surface area contributed by atoms with E-state index in [1.54, 1.807) is 0 Å². The Balaban J connectivity index is 1.63. The molecule has 5 nitrogen and oxygen atoms in total. The molecule has 2 heterocycles. The molecule has 0 radical (unpaired) electrons. The minimum atomic E-state index is -0.858. The summed E-state index contributed by atoms with van der Waals surface area (Å²) in [7, 11) is 0. The van der Waals surface area contributed by atoms with Crippen molar-refractivity contribution in [2.45, 2.75) is 44.2 Å². The number of rotatable bonds is 3. The summed E-state index contributed by atoms with van der Waals surface area (Å²) >= 11 is 0. The summed E-state index contributed by atoms with van der Waals surface area (Å²) in [6, 6.07) is 0.687. The van der Waals surface area contributed by atoms with Crippen LogP contribution in [0.3, 0.4) is 0 Å². The largest absolute Gasteiger partial charge is 0.481 e. The molecule has 1 amide bonds. The van der Waals surface area contributed by atoms with E-state index in [9.17, 15) is 14.7 Å². The number of hydrogen-bond acceptors (Lipinski definition) is 3. The Labute approximate surface area is 119 Å².